The number of aryl methyl sites for hydroxylation is 1. The number of hydrogen-bond acceptors (Lipinski definition) is 1. The SMILES string of the molecule is Cc1cc[c]c(S)c1Cl. The van der Waals surface area contributed by atoms with Crippen molar-refractivity contribution >= 4 is 24.2 Å². The molecular weight excluding hydrogens is 152 g/mol. The van der Waals surface area contributed by atoms with Crippen molar-refractivity contribution in [2.24, 2.45) is 0 Å². The molecule has 0 bridgehead atoms. The lowest BCUT2D eigenvalue weighted by Crippen LogP contribution is -1.74. The first kappa shape index (κ1) is 6.97. The highest BCUT2D eigenvalue weighted by molar-refractivity contribution is 7.80. The Hall–Kier alpha value is -0.140. The van der Waals surface area contributed by atoms with Gasteiger partial charge in [0.1, 0.15) is 0 Å². The van der Waals surface area contributed by atoms with Crippen molar-refractivity contribution in [3.8, 4) is 0 Å². The van der Waals surface area contributed by atoms with Crippen LogP contribution in [0.2, 0.25) is 5.02 Å². The van der Waals surface area contributed by atoms with E-state index in [0.717, 1.165) is 10.5 Å². The fraction of sp³-hybridized carbons (Fsp3) is 0.143. The van der Waals surface area contributed by atoms with Crippen molar-refractivity contribution in [3.05, 3.63) is 28.8 Å². The number of thiol groups is 1. The van der Waals surface area contributed by atoms with E-state index in [4.69, 9.17) is 11.6 Å². The van der Waals surface area contributed by atoms with Crippen molar-refractivity contribution in [3.63, 3.8) is 0 Å². The van der Waals surface area contributed by atoms with Crippen LogP contribution in [-0.4, -0.2) is 0 Å². The van der Waals surface area contributed by atoms with E-state index in [1.54, 1.807) is 0 Å². The lowest BCUT2D eigenvalue weighted by molar-refractivity contribution is 1.36. The summed E-state index contributed by atoms with van der Waals surface area (Å²) in [4.78, 5) is 0.719. The molecule has 0 heterocycles. The Bertz CT molecular complexity index is 200. The Morgan fingerprint density at radius 1 is 1.67 bits per heavy atom. The molecule has 1 aromatic rings. The molecule has 0 aliphatic rings. The highest BCUT2D eigenvalue weighted by atomic mass is 35.5. The molecule has 47 valence electrons. The Kier molecular flexibility index (Phi) is 2.04. The van der Waals surface area contributed by atoms with Gasteiger partial charge in [0, 0.05) is 4.90 Å². The molecule has 0 saturated heterocycles. The average molecular weight is 158 g/mol. The highest BCUT2D eigenvalue weighted by Crippen LogP contribution is 2.21. The third kappa shape index (κ3) is 1.41. The normalized spacial score (nSPS) is 9.67. The molecule has 0 unspecified atom stereocenters. The molecule has 0 saturated carbocycles. The molecule has 0 fully saturated rings. The molecule has 0 aliphatic heterocycles. The minimum absolute atomic E-state index is 0.695. The Morgan fingerprint density at radius 3 is 2.78 bits per heavy atom. The number of rotatable bonds is 0. The molecule has 1 radical (unpaired) electrons. The smallest absolute Gasteiger partial charge is 0.0574 e. The van der Waals surface area contributed by atoms with Gasteiger partial charge in [0.25, 0.3) is 0 Å². The molecular formula is C7H6ClS. The van der Waals surface area contributed by atoms with Crippen LogP contribution in [0.4, 0.5) is 0 Å². The Labute approximate surface area is 65.3 Å². The van der Waals surface area contributed by atoms with Gasteiger partial charge < -0.3 is 0 Å². The van der Waals surface area contributed by atoms with Crippen LogP contribution in [0.25, 0.3) is 0 Å². The summed E-state index contributed by atoms with van der Waals surface area (Å²) < 4.78 is 0. The fourth-order valence-electron chi connectivity index (χ4n) is 0.569. The van der Waals surface area contributed by atoms with Crippen LogP contribution in [0.15, 0.2) is 17.0 Å². The predicted molar refractivity (Wildman–Crippen MR) is 42.3 cm³/mol. The largest absolute Gasteiger partial charge is 0.141 e. The van der Waals surface area contributed by atoms with Crippen LogP contribution >= 0.6 is 24.2 Å². The highest BCUT2D eigenvalue weighted by Gasteiger charge is 1.95. The maximum absolute atomic E-state index is 5.77. The van der Waals surface area contributed by atoms with Gasteiger partial charge in [-0.05, 0) is 18.6 Å². The molecule has 0 N–H and O–H groups in total. The topological polar surface area (TPSA) is 0 Å². The zero-order valence-electron chi connectivity index (χ0n) is 4.98. The lowest BCUT2D eigenvalue weighted by Gasteiger charge is -1.96. The van der Waals surface area contributed by atoms with Gasteiger partial charge in [-0.15, -0.1) is 12.6 Å². The summed E-state index contributed by atoms with van der Waals surface area (Å²) in [5, 5.41) is 0.695. The van der Waals surface area contributed by atoms with Gasteiger partial charge in [-0.1, -0.05) is 23.7 Å². The van der Waals surface area contributed by atoms with Crippen molar-refractivity contribution in [1.29, 1.82) is 0 Å². The van der Waals surface area contributed by atoms with E-state index in [0.29, 0.717) is 5.02 Å². The van der Waals surface area contributed by atoms with Crippen molar-refractivity contribution < 1.29 is 0 Å². The quantitative estimate of drug-likeness (QED) is 0.550. The second-order valence-electron chi connectivity index (χ2n) is 1.82. The first-order valence-corrected chi connectivity index (χ1v) is 3.40. The van der Waals surface area contributed by atoms with Crippen molar-refractivity contribution in [1.82, 2.24) is 0 Å². The van der Waals surface area contributed by atoms with E-state index in [1.165, 1.54) is 0 Å². The zero-order valence-corrected chi connectivity index (χ0v) is 6.63. The maximum Gasteiger partial charge on any atom is 0.0574 e. The molecule has 0 aromatic heterocycles. The van der Waals surface area contributed by atoms with E-state index in [1.807, 2.05) is 19.1 Å². The molecule has 0 atom stereocenters. The minimum atomic E-state index is 0.695. The summed E-state index contributed by atoms with van der Waals surface area (Å²) in [7, 11) is 0. The zero-order chi connectivity index (χ0) is 6.85. The van der Waals surface area contributed by atoms with Gasteiger partial charge in [0.05, 0.1) is 5.02 Å². The first-order chi connectivity index (χ1) is 4.22. The van der Waals surface area contributed by atoms with Crippen LogP contribution in [0.5, 0.6) is 0 Å². The van der Waals surface area contributed by atoms with Crippen LogP contribution in [0.1, 0.15) is 5.56 Å². The standard InChI is InChI=1S/C7H6ClS/c1-5-3-2-4-6(9)7(5)8/h2-3,9H,1H3. The second kappa shape index (κ2) is 2.63. The summed E-state index contributed by atoms with van der Waals surface area (Å²) in [6.45, 7) is 1.94. The van der Waals surface area contributed by atoms with E-state index >= 15 is 0 Å². The average Bonchev–Trinajstić information content (AvgIpc) is 1.83. The van der Waals surface area contributed by atoms with Crippen LogP contribution in [-0.2, 0) is 0 Å². The van der Waals surface area contributed by atoms with E-state index < -0.39 is 0 Å². The number of halogens is 1. The molecule has 9 heavy (non-hydrogen) atoms. The summed E-state index contributed by atoms with van der Waals surface area (Å²) >= 11 is 9.85. The monoisotopic (exact) mass is 157 g/mol. The predicted octanol–water partition coefficient (Wildman–Crippen LogP) is 2.74. The fourth-order valence-corrected chi connectivity index (χ4v) is 0.937. The van der Waals surface area contributed by atoms with E-state index in [9.17, 15) is 0 Å². The van der Waals surface area contributed by atoms with Crippen molar-refractivity contribution in [2.45, 2.75) is 11.8 Å². The van der Waals surface area contributed by atoms with Gasteiger partial charge in [0.15, 0.2) is 0 Å². The summed E-state index contributed by atoms with van der Waals surface area (Å²) in [5.74, 6) is 0. The lowest BCUT2D eigenvalue weighted by atomic mass is 10.2. The maximum atomic E-state index is 5.77. The third-order valence-corrected chi connectivity index (χ3v) is 2.08. The number of benzene rings is 1. The van der Waals surface area contributed by atoms with Gasteiger partial charge >= 0.3 is 0 Å². The molecule has 1 rings (SSSR count). The molecule has 0 amide bonds. The molecule has 0 nitrogen and oxygen atoms in total. The summed E-state index contributed by atoms with van der Waals surface area (Å²) in [6.07, 6.45) is 0. The van der Waals surface area contributed by atoms with E-state index in [-0.39, 0.29) is 0 Å². The molecule has 0 aliphatic carbocycles. The molecule has 2 heteroatoms. The first-order valence-electron chi connectivity index (χ1n) is 2.57. The summed E-state index contributed by atoms with van der Waals surface area (Å²) in [5.41, 5.74) is 1.04. The van der Waals surface area contributed by atoms with Crippen molar-refractivity contribution in [2.75, 3.05) is 0 Å². The Balaban J connectivity index is 3.25. The molecule has 0 spiro atoms. The van der Waals surface area contributed by atoms with Crippen LogP contribution < -0.4 is 0 Å². The molecule has 1 aromatic carbocycles. The van der Waals surface area contributed by atoms with Gasteiger partial charge in [-0.2, -0.15) is 0 Å². The van der Waals surface area contributed by atoms with Gasteiger partial charge in [-0.25, -0.2) is 0 Å². The minimum Gasteiger partial charge on any atom is -0.141 e. The van der Waals surface area contributed by atoms with Crippen LogP contribution in [0.3, 0.4) is 0 Å². The van der Waals surface area contributed by atoms with Gasteiger partial charge in [-0.3, -0.25) is 0 Å². The Morgan fingerprint density at radius 2 is 2.33 bits per heavy atom. The van der Waals surface area contributed by atoms with Crippen LogP contribution in [0, 0.1) is 13.0 Å². The van der Waals surface area contributed by atoms with E-state index in [2.05, 4.69) is 18.7 Å². The second-order valence-corrected chi connectivity index (χ2v) is 2.65. The summed E-state index contributed by atoms with van der Waals surface area (Å²) in [6, 6.07) is 6.59. The third-order valence-electron chi connectivity index (χ3n) is 1.11. The van der Waals surface area contributed by atoms with Gasteiger partial charge in [0.2, 0.25) is 0 Å². The number of hydrogen-bond donors (Lipinski definition) is 1.